The Morgan fingerprint density at radius 3 is 2.65 bits per heavy atom. The van der Waals surface area contributed by atoms with E-state index < -0.39 is 21.8 Å². The smallest absolute Gasteiger partial charge is 0.257 e. The molecule has 0 spiro atoms. The zero-order valence-electron chi connectivity index (χ0n) is 13.7. The van der Waals surface area contributed by atoms with E-state index in [0.717, 1.165) is 0 Å². The first-order valence-electron chi connectivity index (χ1n) is 8.20. The van der Waals surface area contributed by atoms with E-state index in [-0.39, 0.29) is 28.1 Å². The lowest BCUT2D eigenvalue weighted by atomic mass is 10.0. The normalized spacial score (nSPS) is 18.2. The van der Waals surface area contributed by atoms with E-state index in [0.29, 0.717) is 16.5 Å². The highest BCUT2D eigenvalue weighted by Gasteiger charge is 2.31. The quantitative estimate of drug-likeness (QED) is 0.725. The first-order chi connectivity index (χ1) is 12.5. The van der Waals surface area contributed by atoms with Gasteiger partial charge in [0.1, 0.15) is 5.56 Å². The van der Waals surface area contributed by atoms with Gasteiger partial charge in [-0.15, -0.1) is 0 Å². The Morgan fingerprint density at radius 2 is 1.81 bits per heavy atom. The molecule has 132 valence electrons. The third-order valence-corrected chi connectivity index (χ3v) is 6.46. The fourth-order valence-corrected chi connectivity index (χ4v) is 4.93. The summed E-state index contributed by atoms with van der Waals surface area (Å²) in [4.78, 5) is 28.4. The minimum absolute atomic E-state index is 0.00890. The van der Waals surface area contributed by atoms with Crippen LogP contribution in [0.5, 0.6) is 0 Å². The van der Waals surface area contributed by atoms with Crippen LogP contribution >= 0.6 is 0 Å². The monoisotopic (exact) mass is 368 g/mol. The van der Waals surface area contributed by atoms with Gasteiger partial charge in [0.25, 0.3) is 5.91 Å². The number of nitrogens with one attached hydrogen (secondary N) is 2. The summed E-state index contributed by atoms with van der Waals surface area (Å²) in [6.07, 6.45) is 1.67. The zero-order valence-corrected chi connectivity index (χ0v) is 14.5. The van der Waals surface area contributed by atoms with Gasteiger partial charge in [-0.25, -0.2) is 8.42 Å². The number of amides is 1. The molecular formula is C19H16N2O4S. The van der Waals surface area contributed by atoms with Crippen molar-refractivity contribution in [2.45, 2.75) is 17.4 Å². The van der Waals surface area contributed by atoms with E-state index in [9.17, 15) is 18.0 Å². The summed E-state index contributed by atoms with van der Waals surface area (Å²) in [5.74, 6) is -0.556. The van der Waals surface area contributed by atoms with Crippen LogP contribution in [0.3, 0.4) is 0 Å². The first-order valence-corrected chi connectivity index (χ1v) is 9.85. The average Bonchev–Trinajstić information content (AvgIpc) is 2.65. The van der Waals surface area contributed by atoms with Crippen LogP contribution in [-0.2, 0) is 9.84 Å². The van der Waals surface area contributed by atoms with Gasteiger partial charge in [0.15, 0.2) is 9.84 Å². The van der Waals surface area contributed by atoms with Crippen molar-refractivity contribution in [1.29, 1.82) is 0 Å². The number of rotatable bonds is 2. The van der Waals surface area contributed by atoms with Gasteiger partial charge in [-0.05, 0) is 30.2 Å². The molecule has 2 N–H and O–H groups in total. The molecule has 1 aromatic heterocycles. The van der Waals surface area contributed by atoms with Crippen molar-refractivity contribution in [2.24, 2.45) is 0 Å². The predicted molar refractivity (Wildman–Crippen MR) is 97.9 cm³/mol. The highest BCUT2D eigenvalue weighted by molar-refractivity contribution is 7.91. The SMILES string of the molecule is O=C(N[C@@H]1CCS(=O)(=O)c2ccccc21)c1c[nH]c2ccccc2c1=O. The number of aromatic nitrogens is 1. The minimum Gasteiger partial charge on any atom is -0.360 e. The van der Waals surface area contributed by atoms with Crippen LogP contribution in [0.2, 0.25) is 0 Å². The summed E-state index contributed by atoms with van der Waals surface area (Å²) in [6.45, 7) is 0. The molecule has 0 bridgehead atoms. The molecule has 0 fully saturated rings. The molecule has 26 heavy (non-hydrogen) atoms. The topological polar surface area (TPSA) is 96.1 Å². The number of pyridine rings is 1. The fraction of sp³-hybridized carbons (Fsp3) is 0.158. The number of carbonyl (C=O) groups is 1. The maximum atomic E-state index is 12.7. The van der Waals surface area contributed by atoms with Gasteiger partial charge in [0, 0.05) is 17.1 Å². The second-order valence-electron chi connectivity index (χ2n) is 6.25. The summed E-state index contributed by atoms with van der Waals surface area (Å²) in [5.41, 5.74) is 0.871. The summed E-state index contributed by atoms with van der Waals surface area (Å²) >= 11 is 0. The Hall–Kier alpha value is -2.93. The van der Waals surface area contributed by atoms with E-state index in [1.54, 1.807) is 48.5 Å². The molecule has 1 aliphatic rings. The van der Waals surface area contributed by atoms with E-state index in [1.165, 1.54) is 6.20 Å². The molecule has 1 amide bonds. The fourth-order valence-electron chi connectivity index (χ4n) is 3.31. The highest BCUT2D eigenvalue weighted by atomic mass is 32.2. The van der Waals surface area contributed by atoms with Crippen LogP contribution in [-0.4, -0.2) is 25.1 Å². The Labute approximate surface area is 149 Å². The number of para-hydroxylation sites is 1. The number of fused-ring (bicyclic) bond motifs is 2. The maximum absolute atomic E-state index is 12.7. The van der Waals surface area contributed by atoms with Gasteiger partial charge in [-0.3, -0.25) is 9.59 Å². The number of H-pyrrole nitrogens is 1. The van der Waals surface area contributed by atoms with Crippen molar-refractivity contribution in [3.05, 3.63) is 76.1 Å². The van der Waals surface area contributed by atoms with Gasteiger partial charge >= 0.3 is 0 Å². The molecule has 1 atom stereocenters. The third-order valence-electron chi connectivity index (χ3n) is 4.64. The molecule has 6 nitrogen and oxygen atoms in total. The molecule has 4 rings (SSSR count). The number of hydrogen-bond acceptors (Lipinski definition) is 4. The molecule has 2 aromatic carbocycles. The summed E-state index contributed by atoms with van der Waals surface area (Å²) in [5, 5.41) is 3.25. The molecule has 0 radical (unpaired) electrons. The van der Waals surface area contributed by atoms with Crippen LogP contribution in [0.15, 0.2) is 64.4 Å². The number of aromatic amines is 1. The number of benzene rings is 2. The molecule has 7 heteroatoms. The van der Waals surface area contributed by atoms with Gasteiger partial charge in [-0.1, -0.05) is 30.3 Å². The summed E-state index contributed by atoms with van der Waals surface area (Å²) < 4.78 is 24.4. The van der Waals surface area contributed by atoms with Crippen molar-refractivity contribution in [3.8, 4) is 0 Å². The molecule has 3 aromatic rings. The lowest BCUT2D eigenvalue weighted by Gasteiger charge is -2.26. The lowest BCUT2D eigenvalue weighted by Crippen LogP contribution is -2.36. The zero-order chi connectivity index (χ0) is 18.3. The van der Waals surface area contributed by atoms with Crippen molar-refractivity contribution >= 4 is 26.6 Å². The molecule has 0 unspecified atom stereocenters. The highest BCUT2D eigenvalue weighted by Crippen LogP contribution is 2.31. The standard InChI is InChI=1S/C19H16N2O4S/c22-18-13-6-1-3-7-15(13)20-11-14(18)19(23)21-16-9-10-26(24,25)17-8-4-2-5-12(16)17/h1-8,11,16H,9-10H2,(H,20,22)(H,21,23)/t16-/m1/s1. The molecule has 0 aliphatic carbocycles. The Bertz CT molecular complexity index is 1180. The van der Waals surface area contributed by atoms with Gasteiger partial charge in [-0.2, -0.15) is 0 Å². The van der Waals surface area contributed by atoms with Crippen LogP contribution in [0.25, 0.3) is 10.9 Å². The van der Waals surface area contributed by atoms with Crippen molar-refractivity contribution < 1.29 is 13.2 Å². The number of carbonyl (C=O) groups excluding carboxylic acids is 1. The number of sulfone groups is 1. The van der Waals surface area contributed by atoms with Crippen molar-refractivity contribution in [1.82, 2.24) is 10.3 Å². The second-order valence-corrected chi connectivity index (χ2v) is 8.33. The van der Waals surface area contributed by atoms with Crippen LogP contribution in [0, 0.1) is 0 Å². The van der Waals surface area contributed by atoms with E-state index in [4.69, 9.17) is 0 Å². The van der Waals surface area contributed by atoms with Crippen LogP contribution in [0.1, 0.15) is 28.4 Å². The van der Waals surface area contributed by atoms with Gasteiger partial charge in [0.05, 0.1) is 16.7 Å². The van der Waals surface area contributed by atoms with E-state index >= 15 is 0 Å². The Balaban J connectivity index is 1.70. The lowest BCUT2D eigenvalue weighted by molar-refractivity contribution is 0.0933. The van der Waals surface area contributed by atoms with Crippen LogP contribution < -0.4 is 10.7 Å². The molecule has 2 heterocycles. The summed E-state index contributed by atoms with van der Waals surface area (Å²) in [7, 11) is -3.33. The average molecular weight is 368 g/mol. The summed E-state index contributed by atoms with van der Waals surface area (Å²) in [6, 6.07) is 13.2. The van der Waals surface area contributed by atoms with Crippen molar-refractivity contribution in [3.63, 3.8) is 0 Å². The Morgan fingerprint density at radius 1 is 1.08 bits per heavy atom. The predicted octanol–water partition coefficient (Wildman–Crippen LogP) is 2.18. The largest absolute Gasteiger partial charge is 0.360 e. The van der Waals surface area contributed by atoms with Gasteiger partial charge in [0.2, 0.25) is 5.43 Å². The molecule has 0 saturated carbocycles. The Kier molecular flexibility index (Phi) is 3.88. The van der Waals surface area contributed by atoms with Crippen LogP contribution in [0.4, 0.5) is 0 Å². The third kappa shape index (κ3) is 2.70. The molecule has 0 saturated heterocycles. The van der Waals surface area contributed by atoms with E-state index in [1.807, 2.05) is 0 Å². The van der Waals surface area contributed by atoms with Crippen molar-refractivity contribution in [2.75, 3.05) is 5.75 Å². The molecule has 1 aliphatic heterocycles. The number of hydrogen-bond donors (Lipinski definition) is 2. The van der Waals surface area contributed by atoms with E-state index in [2.05, 4.69) is 10.3 Å². The second kappa shape index (κ2) is 6.10. The van der Waals surface area contributed by atoms with Gasteiger partial charge < -0.3 is 10.3 Å². The molecular weight excluding hydrogens is 352 g/mol. The maximum Gasteiger partial charge on any atom is 0.257 e. The minimum atomic E-state index is -3.33. The first kappa shape index (κ1) is 16.5.